The molecular formula is C21H35IO2. The van der Waals surface area contributed by atoms with Crippen LogP contribution in [0.2, 0.25) is 0 Å². The van der Waals surface area contributed by atoms with E-state index < -0.39 is 0 Å². The third-order valence-corrected chi connectivity index (χ3v) is 4.81. The Balaban J connectivity index is 2.45. The summed E-state index contributed by atoms with van der Waals surface area (Å²) < 4.78 is 12.9. The minimum atomic E-state index is 0.0101. The van der Waals surface area contributed by atoms with Crippen molar-refractivity contribution < 1.29 is 9.47 Å². The summed E-state index contributed by atoms with van der Waals surface area (Å²) in [5, 5.41) is 0. The molecule has 1 rings (SSSR count). The van der Waals surface area contributed by atoms with Gasteiger partial charge in [-0.15, -0.1) is 0 Å². The van der Waals surface area contributed by atoms with E-state index in [2.05, 4.69) is 61.6 Å². The van der Waals surface area contributed by atoms with E-state index in [4.69, 9.17) is 9.47 Å². The zero-order valence-corrected chi connectivity index (χ0v) is 17.9. The van der Waals surface area contributed by atoms with E-state index in [1.54, 1.807) is 0 Å². The fraction of sp³-hybridized carbons (Fsp3) is 0.714. The lowest BCUT2D eigenvalue weighted by Gasteiger charge is -2.23. The van der Waals surface area contributed by atoms with E-state index >= 15 is 0 Å². The molecule has 0 aliphatic carbocycles. The molecule has 0 N–H and O–H groups in total. The average Bonchev–Trinajstić information content (AvgIpc) is 2.58. The van der Waals surface area contributed by atoms with Gasteiger partial charge in [-0.05, 0) is 77.7 Å². The maximum atomic E-state index is 6.00. The Morgan fingerprint density at radius 1 is 1.04 bits per heavy atom. The lowest BCUT2D eigenvalue weighted by atomic mass is 10.1. The Morgan fingerprint density at radius 3 is 2.50 bits per heavy atom. The third-order valence-electron chi connectivity index (χ3n) is 4.18. The van der Waals surface area contributed by atoms with Gasteiger partial charge in [0.25, 0.3) is 0 Å². The zero-order valence-electron chi connectivity index (χ0n) is 15.8. The topological polar surface area (TPSA) is 18.5 Å². The number of hydrogen-bond donors (Lipinski definition) is 0. The van der Waals surface area contributed by atoms with Gasteiger partial charge >= 0.3 is 0 Å². The van der Waals surface area contributed by atoms with Crippen molar-refractivity contribution in [2.45, 2.75) is 78.4 Å². The molecule has 138 valence electrons. The highest BCUT2D eigenvalue weighted by Gasteiger charge is 2.14. The Labute approximate surface area is 162 Å². The molecule has 24 heavy (non-hydrogen) atoms. The summed E-state index contributed by atoms with van der Waals surface area (Å²) in [6.45, 7) is 8.14. The second kappa shape index (κ2) is 14.1. The van der Waals surface area contributed by atoms with Gasteiger partial charge < -0.3 is 9.47 Å². The Morgan fingerprint density at radius 2 is 1.83 bits per heavy atom. The van der Waals surface area contributed by atoms with Crippen LogP contribution in [0.3, 0.4) is 0 Å². The smallest absolute Gasteiger partial charge is 0.158 e. The molecule has 1 heterocycles. The van der Waals surface area contributed by atoms with Gasteiger partial charge in [-0.25, -0.2) is 0 Å². The van der Waals surface area contributed by atoms with Gasteiger partial charge in [0.1, 0.15) is 0 Å². The van der Waals surface area contributed by atoms with Gasteiger partial charge in [-0.1, -0.05) is 52.0 Å². The van der Waals surface area contributed by atoms with E-state index in [0.29, 0.717) is 0 Å². The number of rotatable bonds is 11. The molecule has 1 aliphatic rings. The molecule has 0 aromatic heterocycles. The standard InChI is InChI=1S/C21H35IO2/c1-18(2)9-6-12-20(13-7-10-19(3)11-8-15-22)17-24-21-14-4-5-16-23-21/h9,11,13,21H,4-8,10,12,14-17H2,1-3H3/b19-11+,20-13+. The first-order chi connectivity index (χ1) is 11.6. The van der Waals surface area contributed by atoms with E-state index in [1.807, 2.05) is 0 Å². The van der Waals surface area contributed by atoms with Crippen molar-refractivity contribution in [3.05, 3.63) is 34.9 Å². The second-order valence-corrected chi connectivity index (χ2v) is 7.94. The first-order valence-electron chi connectivity index (χ1n) is 9.38. The number of ether oxygens (including phenoxy) is 2. The first kappa shape index (κ1) is 21.9. The minimum Gasteiger partial charge on any atom is -0.353 e. The molecule has 0 saturated carbocycles. The average molecular weight is 446 g/mol. The summed E-state index contributed by atoms with van der Waals surface area (Å²) in [5.74, 6) is 0. The van der Waals surface area contributed by atoms with E-state index in [9.17, 15) is 0 Å². The second-order valence-electron chi connectivity index (χ2n) is 6.86. The molecule has 1 aliphatic heterocycles. The van der Waals surface area contributed by atoms with E-state index in [-0.39, 0.29) is 6.29 Å². The van der Waals surface area contributed by atoms with Crippen molar-refractivity contribution >= 4 is 22.6 Å². The molecule has 0 spiro atoms. The van der Waals surface area contributed by atoms with Crippen LogP contribution < -0.4 is 0 Å². The maximum Gasteiger partial charge on any atom is 0.158 e. The first-order valence-corrected chi connectivity index (χ1v) is 10.9. The SMILES string of the molecule is CC(C)=CCC/C(=C\CC/C(C)=C/CCI)COC1CCCCO1. The van der Waals surface area contributed by atoms with Crippen molar-refractivity contribution in [2.24, 2.45) is 0 Å². The Bertz CT molecular complexity index is 414. The fourth-order valence-electron chi connectivity index (χ4n) is 2.73. The number of alkyl halides is 1. The highest BCUT2D eigenvalue weighted by atomic mass is 127. The van der Waals surface area contributed by atoms with Gasteiger partial charge in [0, 0.05) is 11.0 Å². The highest BCUT2D eigenvalue weighted by molar-refractivity contribution is 14.1. The molecule has 1 saturated heterocycles. The van der Waals surface area contributed by atoms with E-state index in [1.165, 1.54) is 40.4 Å². The van der Waals surface area contributed by atoms with Crippen molar-refractivity contribution in [3.8, 4) is 0 Å². The molecule has 0 aromatic rings. The lowest BCUT2D eigenvalue weighted by molar-refractivity contribution is -0.157. The summed E-state index contributed by atoms with van der Waals surface area (Å²) in [6, 6.07) is 0. The molecule has 0 bridgehead atoms. The van der Waals surface area contributed by atoms with Gasteiger partial charge in [0.15, 0.2) is 6.29 Å². The van der Waals surface area contributed by atoms with Crippen LogP contribution in [-0.4, -0.2) is 23.9 Å². The van der Waals surface area contributed by atoms with Crippen LogP contribution in [0.4, 0.5) is 0 Å². The lowest BCUT2D eigenvalue weighted by Crippen LogP contribution is -2.23. The largest absolute Gasteiger partial charge is 0.353 e. The number of halogens is 1. The number of allylic oxidation sites excluding steroid dienone is 5. The normalized spacial score (nSPS) is 19.4. The van der Waals surface area contributed by atoms with Crippen molar-refractivity contribution in [2.75, 3.05) is 17.6 Å². The molecular weight excluding hydrogens is 411 g/mol. The van der Waals surface area contributed by atoms with Crippen molar-refractivity contribution in [1.82, 2.24) is 0 Å². The molecule has 1 fully saturated rings. The molecule has 1 atom stereocenters. The van der Waals surface area contributed by atoms with Crippen LogP contribution in [0.1, 0.15) is 72.1 Å². The summed E-state index contributed by atoms with van der Waals surface area (Å²) in [6.07, 6.45) is 16.2. The summed E-state index contributed by atoms with van der Waals surface area (Å²) in [7, 11) is 0. The van der Waals surface area contributed by atoms with Crippen LogP contribution in [0.15, 0.2) is 34.9 Å². The predicted octanol–water partition coefficient (Wildman–Crippen LogP) is 6.75. The fourth-order valence-corrected chi connectivity index (χ4v) is 3.04. The summed E-state index contributed by atoms with van der Waals surface area (Å²) >= 11 is 2.43. The zero-order chi connectivity index (χ0) is 17.6. The van der Waals surface area contributed by atoms with Crippen LogP contribution >= 0.6 is 22.6 Å². The molecule has 0 aromatic carbocycles. The maximum absolute atomic E-state index is 6.00. The van der Waals surface area contributed by atoms with Crippen LogP contribution in [0.5, 0.6) is 0 Å². The number of hydrogen-bond acceptors (Lipinski definition) is 2. The summed E-state index contributed by atoms with van der Waals surface area (Å²) in [5.41, 5.74) is 4.31. The van der Waals surface area contributed by atoms with Crippen LogP contribution in [0, 0.1) is 0 Å². The highest BCUT2D eigenvalue weighted by Crippen LogP contribution is 2.17. The molecule has 0 amide bonds. The van der Waals surface area contributed by atoms with Crippen molar-refractivity contribution in [1.29, 1.82) is 0 Å². The quantitative estimate of drug-likeness (QED) is 0.199. The Kier molecular flexibility index (Phi) is 12.9. The molecule has 3 heteroatoms. The van der Waals surface area contributed by atoms with Crippen molar-refractivity contribution in [3.63, 3.8) is 0 Å². The van der Waals surface area contributed by atoms with Gasteiger partial charge in [-0.3, -0.25) is 0 Å². The van der Waals surface area contributed by atoms with Crippen LogP contribution in [0.25, 0.3) is 0 Å². The van der Waals surface area contributed by atoms with Gasteiger partial charge in [0.05, 0.1) is 6.61 Å². The minimum absolute atomic E-state index is 0.0101. The summed E-state index contributed by atoms with van der Waals surface area (Å²) in [4.78, 5) is 0. The molecule has 0 radical (unpaired) electrons. The predicted molar refractivity (Wildman–Crippen MR) is 113 cm³/mol. The monoisotopic (exact) mass is 446 g/mol. The van der Waals surface area contributed by atoms with E-state index in [0.717, 1.165) is 45.3 Å². The van der Waals surface area contributed by atoms with Gasteiger partial charge in [0.2, 0.25) is 0 Å². The van der Waals surface area contributed by atoms with Crippen LogP contribution in [-0.2, 0) is 9.47 Å². The van der Waals surface area contributed by atoms with Gasteiger partial charge in [-0.2, -0.15) is 0 Å². The molecule has 2 nitrogen and oxygen atoms in total. The Hall–Kier alpha value is -0.130. The molecule has 1 unspecified atom stereocenters. The third kappa shape index (κ3) is 11.4.